The molecule has 0 saturated carbocycles. The minimum Gasteiger partial charge on any atom is -0.507 e. The Morgan fingerprint density at radius 1 is 0.958 bits per heavy atom. The highest BCUT2D eigenvalue weighted by Gasteiger charge is 2.12. The number of anilines is 2. The molecule has 0 aliphatic carbocycles. The number of aromatic hydroxyl groups is 1. The number of rotatable bonds is 4. The van der Waals surface area contributed by atoms with Crippen LogP contribution in [0.1, 0.15) is 20.7 Å². The number of hydrogen-bond donors (Lipinski definition) is 4. The molecule has 8 heteroatoms. The molecule has 0 unspecified atom stereocenters. The number of carboxylic acid groups (broad SMARTS) is 2. The van der Waals surface area contributed by atoms with Gasteiger partial charge in [-0.2, -0.15) is 0 Å². The molecule has 0 fully saturated rings. The van der Waals surface area contributed by atoms with E-state index in [0.717, 1.165) is 0 Å². The average molecular weight is 325 g/mol. The fraction of sp³-hybridized carbons (Fsp3) is 0. The molecule has 8 nitrogen and oxygen atoms in total. The molecule has 4 N–H and O–H groups in total. The lowest BCUT2D eigenvalue weighted by Gasteiger charge is -2.10. The van der Waals surface area contributed by atoms with Gasteiger partial charge in [0.05, 0.1) is 11.1 Å². The normalized spacial score (nSPS) is 10.5. The van der Waals surface area contributed by atoms with Crippen LogP contribution in [0, 0.1) is 0 Å². The zero-order chi connectivity index (χ0) is 17.3. The molecule has 24 heavy (non-hydrogen) atoms. The van der Waals surface area contributed by atoms with Crippen LogP contribution in [0.5, 0.6) is 5.75 Å². The molecular formula is C16H11N3O5. The van der Waals surface area contributed by atoms with E-state index in [1.807, 2.05) is 0 Å². The van der Waals surface area contributed by atoms with Gasteiger partial charge in [-0.15, -0.1) is 0 Å². The number of nitrogens with zero attached hydrogens (tertiary/aromatic N) is 2. The monoisotopic (exact) mass is 325 g/mol. The number of phenols is 1. The van der Waals surface area contributed by atoms with Gasteiger partial charge in [0.25, 0.3) is 0 Å². The lowest BCUT2D eigenvalue weighted by atomic mass is 10.1. The number of carbonyl (C=O) groups is 2. The standard InChI is InChI=1S/C16H11N3O5/c20-13-4-2-9(6-11(13)16(23)24)19-14-10-3-1-8(15(21)22)5-12(10)17-7-18-14/h1-7,20H,(H,21,22)(H,23,24)(H,17,18,19). The largest absolute Gasteiger partial charge is 0.507 e. The summed E-state index contributed by atoms with van der Waals surface area (Å²) in [5.41, 5.74) is 0.702. The first-order valence-corrected chi connectivity index (χ1v) is 6.77. The highest BCUT2D eigenvalue weighted by molar-refractivity contribution is 5.97. The van der Waals surface area contributed by atoms with Gasteiger partial charge in [-0.3, -0.25) is 0 Å². The second-order valence-electron chi connectivity index (χ2n) is 4.92. The third-order valence-electron chi connectivity index (χ3n) is 3.37. The van der Waals surface area contributed by atoms with Crippen molar-refractivity contribution in [3.63, 3.8) is 0 Å². The first-order valence-electron chi connectivity index (χ1n) is 6.77. The summed E-state index contributed by atoms with van der Waals surface area (Å²) in [6, 6.07) is 8.46. The first kappa shape index (κ1) is 15.2. The average Bonchev–Trinajstić information content (AvgIpc) is 2.56. The lowest BCUT2D eigenvalue weighted by molar-refractivity contribution is 0.0684. The number of aromatic carboxylic acids is 2. The molecule has 3 aromatic rings. The van der Waals surface area contributed by atoms with Gasteiger partial charge in [-0.1, -0.05) is 0 Å². The Balaban J connectivity index is 2.03. The van der Waals surface area contributed by atoms with Gasteiger partial charge in [0.1, 0.15) is 23.5 Å². The van der Waals surface area contributed by atoms with E-state index < -0.39 is 11.9 Å². The Hall–Kier alpha value is -3.68. The van der Waals surface area contributed by atoms with Crippen LogP contribution in [0.3, 0.4) is 0 Å². The molecule has 0 bridgehead atoms. The van der Waals surface area contributed by atoms with Gasteiger partial charge in [0.2, 0.25) is 0 Å². The number of benzene rings is 2. The third kappa shape index (κ3) is 2.80. The molecule has 120 valence electrons. The molecule has 0 amide bonds. The summed E-state index contributed by atoms with van der Waals surface area (Å²) in [5, 5.41) is 31.1. The number of nitrogens with one attached hydrogen (secondary N) is 1. The van der Waals surface area contributed by atoms with E-state index in [9.17, 15) is 14.7 Å². The lowest BCUT2D eigenvalue weighted by Crippen LogP contribution is -2.01. The summed E-state index contributed by atoms with van der Waals surface area (Å²) in [7, 11) is 0. The Kier molecular flexibility index (Phi) is 3.70. The Morgan fingerprint density at radius 2 is 1.75 bits per heavy atom. The van der Waals surface area contributed by atoms with Crippen LogP contribution in [-0.2, 0) is 0 Å². The predicted octanol–water partition coefficient (Wildman–Crippen LogP) is 2.48. The summed E-state index contributed by atoms with van der Waals surface area (Å²) in [6.07, 6.45) is 1.27. The van der Waals surface area contributed by atoms with Gasteiger partial charge in [0, 0.05) is 11.1 Å². The number of carboxylic acids is 2. The maximum absolute atomic E-state index is 11.1. The summed E-state index contributed by atoms with van der Waals surface area (Å²) in [4.78, 5) is 30.2. The number of hydrogen-bond acceptors (Lipinski definition) is 6. The molecule has 0 atom stereocenters. The van der Waals surface area contributed by atoms with Crippen molar-refractivity contribution < 1.29 is 24.9 Å². The van der Waals surface area contributed by atoms with Crippen molar-refractivity contribution in [1.29, 1.82) is 0 Å². The van der Waals surface area contributed by atoms with Crippen LogP contribution in [0.2, 0.25) is 0 Å². The maximum Gasteiger partial charge on any atom is 0.339 e. The van der Waals surface area contributed by atoms with Gasteiger partial charge in [-0.25, -0.2) is 19.6 Å². The summed E-state index contributed by atoms with van der Waals surface area (Å²) >= 11 is 0. The molecule has 2 aromatic carbocycles. The van der Waals surface area contributed by atoms with Crippen LogP contribution in [0.25, 0.3) is 10.9 Å². The van der Waals surface area contributed by atoms with Crippen molar-refractivity contribution >= 4 is 34.3 Å². The van der Waals surface area contributed by atoms with Crippen LogP contribution in [0.4, 0.5) is 11.5 Å². The van der Waals surface area contributed by atoms with E-state index >= 15 is 0 Å². The van der Waals surface area contributed by atoms with Crippen LogP contribution in [0.15, 0.2) is 42.7 Å². The van der Waals surface area contributed by atoms with Crippen molar-refractivity contribution in [2.75, 3.05) is 5.32 Å². The third-order valence-corrected chi connectivity index (χ3v) is 3.37. The molecule has 0 saturated heterocycles. The second-order valence-corrected chi connectivity index (χ2v) is 4.92. The SMILES string of the molecule is O=C(O)c1ccc2c(Nc3ccc(O)c(C(=O)O)c3)ncnc2c1. The minimum atomic E-state index is -1.25. The fourth-order valence-corrected chi connectivity index (χ4v) is 2.21. The zero-order valence-electron chi connectivity index (χ0n) is 12.1. The van der Waals surface area contributed by atoms with Crippen LogP contribution < -0.4 is 5.32 Å². The number of fused-ring (bicyclic) bond motifs is 1. The minimum absolute atomic E-state index is 0.102. The highest BCUT2D eigenvalue weighted by atomic mass is 16.4. The summed E-state index contributed by atoms with van der Waals surface area (Å²) < 4.78 is 0. The predicted molar refractivity (Wildman–Crippen MR) is 84.8 cm³/mol. The van der Waals surface area contributed by atoms with E-state index in [-0.39, 0.29) is 16.9 Å². The van der Waals surface area contributed by atoms with E-state index in [2.05, 4.69) is 15.3 Å². The van der Waals surface area contributed by atoms with Crippen molar-refractivity contribution in [3.05, 3.63) is 53.9 Å². The highest BCUT2D eigenvalue weighted by Crippen LogP contribution is 2.27. The quantitative estimate of drug-likeness (QED) is 0.538. The molecular weight excluding hydrogens is 314 g/mol. The first-order chi connectivity index (χ1) is 11.5. The van der Waals surface area contributed by atoms with Gasteiger partial charge in [0.15, 0.2) is 0 Å². The van der Waals surface area contributed by atoms with Gasteiger partial charge >= 0.3 is 11.9 Å². The van der Waals surface area contributed by atoms with Crippen LogP contribution >= 0.6 is 0 Å². The van der Waals surface area contributed by atoms with Gasteiger partial charge in [-0.05, 0) is 36.4 Å². The molecule has 0 radical (unpaired) electrons. The maximum atomic E-state index is 11.1. The molecule has 3 rings (SSSR count). The smallest absolute Gasteiger partial charge is 0.339 e. The van der Waals surface area contributed by atoms with Crippen molar-refractivity contribution in [2.45, 2.75) is 0 Å². The van der Waals surface area contributed by atoms with E-state index in [1.54, 1.807) is 6.07 Å². The van der Waals surface area contributed by atoms with E-state index in [0.29, 0.717) is 22.4 Å². The van der Waals surface area contributed by atoms with Crippen molar-refractivity contribution in [2.24, 2.45) is 0 Å². The molecule has 0 spiro atoms. The van der Waals surface area contributed by atoms with Crippen molar-refractivity contribution in [3.8, 4) is 5.75 Å². The van der Waals surface area contributed by atoms with E-state index in [4.69, 9.17) is 10.2 Å². The molecule has 1 aromatic heterocycles. The summed E-state index contributed by atoms with van der Waals surface area (Å²) in [5.74, 6) is -2.27. The second kappa shape index (κ2) is 5.84. The number of aromatic nitrogens is 2. The topological polar surface area (TPSA) is 133 Å². The molecule has 0 aliphatic heterocycles. The Bertz CT molecular complexity index is 971. The summed E-state index contributed by atoms with van der Waals surface area (Å²) in [6.45, 7) is 0. The molecule has 0 aliphatic rings. The van der Waals surface area contributed by atoms with Crippen molar-refractivity contribution in [1.82, 2.24) is 9.97 Å². The Labute approximate surface area is 135 Å². The Morgan fingerprint density at radius 3 is 2.46 bits per heavy atom. The zero-order valence-corrected chi connectivity index (χ0v) is 12.1. The van der Waals surface area contributed by atoms with Crippen LogP contribution in [-0.4, -0.2) is 37.2 Å². The van der Waals surface area contributed by atoms with Gasteiger partial charge < -0.3 is 20.6 Å². The molecule has 1 heterocycles. The fourth-order valence-electron chi connectivity index (χ4n) is 2.21. The van der Waals surface area contributed by atoms with E-state index in [1.165, 1.54) is 36.7 Å².